The monoisotopic (exact) mass is 560 g/mol. The van der Waals surface area contributed by atoms with Crippen molar-refractivity contribution in [3.63, 3.8) is 0 Å². The molecule has 8 nitrogen and oxygen atoms in total. The third kappa shape index (κ3) is 10.7. The Bertz CT molecular complexity index is 685. The van der Waals surface area contributed by atoms with Crippen LogP contribution in [0.15, 0.2) is 29.5 Å². The van der Waals surface area contributed by atoms with Crippen molar-refractivity contribution in [3.05, 3.63) is 24.5 Å². The van der Waals surface area contributed by atoms with Crippen molar-refractivity contribution in [2.75, 3.05) is 46.3 Å². The summed E-state index contributed by atoms with van der Waals surface area (Å²) in [5.74, 6) is 1.62. The first kappa shape index (κ1) is 28.3. The first-order chi connectivity index (χ1) is 15.0. The maximum atomic E-state index is 12.4. The lowest BCUT2D eigenvalue weighted by molar-refractivity contribution is -0.140. The van der Waals surface area contributed by atoms with Crippen LogP contribution in [0.3, 0.4) is 0 Å². The summed E-state index contributed by atoms with van der Waals surface area (Å²) in [7, 11) is 1.78. The van der Waals surface area contributed by atoms with Gasteiger partial charge in [0.05, 0.1) is 0 Å². The van der Waals surface area contributed by atoms with Crippen molar-refractivity contribution in [3.8, 4) is 0 Å². The molecule has 1 aliphatic heterocycles. The van der Waals surface area contributed by atoms with Gasteiger partial charge < -0.3 is 25.0 Å². The van der Waals surface area contributed by atoms with Gasteiger partial charge in [0.1, 0.15) is 0 Å². The highest BCUT2D eigenvalue weighted by Gasteiger charge is 2.23. The first-order valence-corrected chi connectivity index (χ1v) is 11.6. The smallest absolute Gasteiger partial charge is 0.222 e. The lowest BCUT2D eigenvalue weighted by Gasteiger charge is -2.35. The molecule has 0 spiro atoms. The number of hydrogen-bond donors (Lipinski definition) is 2. The molecule has 1 aliphatic rings. The highest BCUT2D eigenvalue weighted by atomic mass is 127. The van der Waals surface area contributed by atoms with Gasteiger partial charge in [-0.3, -0.25) is 14.6 Å². The molecule has 2 heterocycles. The summed E-state index contributed by atoms with van der Waals surface area (Å²) in [5, 5.41) is 6.64. The van der Waals surface area contributed by atoms with Gasteiger partial charge in [0.15, 0.2) is 5.96 Å². The van der Waals surface area contributed by atoms with Crippen molar-refractivity contribution in [1.82, 2.24) is 25.0 Å². The Morgan fingerprint density at radius 3 is 2.09 bits per heavy atom. The van der Waals surface area contributed by atoms with Crippen LogP contribution in [-0.2, 0) is 16.1 Å². The second-order valence-electron chi connectivity index (χ2n) is 8.52. The number of carbonyl (C=O) groups is 2. The third-order valence-electron chi connectivity index (χ3n) is 5.48. The Balaban J connectivity index is 0.00000512. The first-order valence-electron chi connectivity index (χ1n) is 11.6. The number of carbonyl (C=O) groups excluding carboxylic acids is 2. The minimum Gasteiger partial charge on any atom is -0.356 e. The molecule has 1 saturated heterocycles. The van der Waals surface area contributed by atoms with Gasteiger partial charge in [0.2, 0.25) is 11.8 Å². The summed E-state index contributed by atoms with van der Waals surface area (Å²) >= 11 is 0. The Morgan fingerprint density at radius 2 is 1.50 bits per heavy atom. The Hall–Kier alpha value is -1.78. The second-order valence-corrected chi connectivity index (χ2v) is 8.52. The van der Waals surface area contributed by atoms with Gasteiger partial charge in [-0.2, -0.15) is 0 Å². The minimum absolute atomic E-state index is 0. The van der Waals surface area contributed by atoms with Crippen LogP contribution in [0.2, 0.25) is 0 Å². The molecule has 0 aromatic carbocycles. The van der Waals surface area contributed by atoms with E-state index in [1.807, 2.05) is 34.3 Å². The van der Waals surface area contributed by atoms with Crippen LogP contribution in [0.1, 0.15) is 46.0 Å². The topological polar surface area (TPSA) is 82.0 Å². The van der Waals surface area contributed by atoms with Gasteiger partial charge in [0, 0.05) is 78.1 Å². The van der Waals surface area contributed by atoms with Gasteiger partial charge in [-0.25, -0.2) is 0 Å². The highest BCUT2D eigenvalue weighted by Crippen LogP contribution is 2.10. The van der Waals surface area contributed by atoms with E-state index in [1.54, 1.807) is 7.05 Å². The van der Waals surface area contributed by atoms with Gasteiger partial charge in [-0.15, -0.1) is 24.0 Å². The molecule has 182 valence electrons. The number of amides is 2. The summed E-state index contributed by atoms with van der Waals surface area (Å²) in [4.78, 5) is 32.6. The highest BCUT2D eigenvalue weighted by molar-refractivity contribution is 14.0. The van der Waals surface area contributed by atoms with Crippen LogP contribution in [0, 0.1) is 5.92 Å². The van der Waals surface area contributed by atoms with Gasteiger partial charge >= 0.3 is 0 Å². The summed E-state index contributed by atoms with van der Waals surface area (Å²) in [5.41, 5.74) is 0. The number of halogens is 1. The normalized spacial score (nSPS) is 14.3. The van der Waals surface area contributed by atoms with Crippen LogP contribution in [0.25, 0.3) is 0 Å². The molecule has 32 heavy (non-hydrogen) atoms. The molecule has 0 radical (unpaired) electrons. The molecule has 2 amide bonds. The predicted octanol–water partition coefficient (Wildman–Crippen LogP) is 2.55. The lowest BCUT2D eigenvalue weighted by atomic mass is 10.1. The number of nitrogens with zero attached hydrogens (tertiary/aromatic N) is 4. The molecule has 9 heteroatoms. The van der Waals surface area contributed by atoms with Crippen LogP contribution < -0.4 is 10.6 Å². The standard InChI is InChI=1S/C23H40N6O2.HI/c1-20(2)19-22(31)29-17-15-28(16-18-29)21(30)9-5-4-6-10-25-23(24-3)26-11-14-27-12-7-8-13-27;/h7-8,12-13,20H,4-6,9-11,14-19H2,1-3H3,(H2,24,25,26);1H. The number of piperazine rings is 1. The number of nitrogens with one attached hydrogen (secondary N) is 2. The van der Waals surface area contributed by atoms with Crippen LogP contribution in [0.4, 0.5) is 0 Å². The molecule has 0 aliphatic carbocycles. The molecule has 2 N–H and O–H groups in total. The fraction of sp³-hybridized carbons (Fsp3) is 0.696. The number of unbranched alkanes of at least 4 members (excludes halogenated alkanes) is 2. The predicted molar refractivity (Wildman–Crippen MR) is 140 cm³/mol. The summed E-state index contributed by atoms with van der Waals surface area (Å²) < 4.78 is 2.13. The molecule has 0 bridgehead atoms. The fourth-order valence-corrected chi connectivity index (χ4v) is 3.67. The van der Waals surface area contributed by atoms with Crippen molar-refractivity contribution in [1.29, 1.82) is 0 Å². The largest absolute Gasteiger partial charge is 0.356 e. The Labute approximate surface area is 210 Å². The van der Waals surface area contributed by atoms with E-state index in [-0.39, 0.29) is 35.8 Å². The quantitative estimate of drug-likeness (QED) is 0.189. The average molecular weight is 561 g/mol. The molecule has 1 fully saturated rings. The molecule has 2 rings (SSSR count). The number of aliphatic imine (C=N–C) groups is 1. The zero-order valence-corrected chi connectivity index (χ0v) is 22.2. The molecular formula is C23H41IN6O2. The van der Waals surface area contributed by atoms with Crippen LogP contribution in [-0.4, -0.2) is 78.5 Å². The summed E-state index contributed by atoms with van der Waals surface area (Å²) in [6.07, 6.45) is 8.18. The summed E-state index contributed by atoms with van der Waals surface area (Å²) in [6, 6.07) is 4.04. The van der Waals surface area contributed by atoms with E-state index < -0.39 is 0 Å². The maximum Gasteiger partial charge on any atom is 0.222 e. The van der Waals surface area contributed by atoms with Crippen LogP contribution in [0.5, 0.6) is 0 Å². The zero-order chi connectivity index (χ0) is 22.5. The molecule has 0 unspecified atom stereocenters. The van der Waals surface area contributed by atoms with Crippen LogP contribution >= 0.6 is 24.0 Å². The number of rotatable bonds is 11. The second kappa shape index (κ2) is 15.9. The van der Waals surface area contributed by atoms with Crippen molar-refractivity contribution in [2.45, 2.75) is 52.5 Å². The van der Waals surface area contributed by atoms with E-state index in [2.05, 4.69) is 34.0 Å². The molecule has 1 aromatic rings. The maximum absolute atomic E-state index is 12.4. The molecule has 1 aromatic heterocycles. The Kier molecular flexibility index (Phi) is 14.1. The van der Waals surface area contributed by atoms with E-state index in [9.17, 15) is 9.59 Å². The summed E-state index contributed by atoms with van der Waals surface area (Å²) in [6.45, 7) is 9.33. The van der Waals surface area contributed by atoms with Crippen molar-refractivity contribution in [2.24, 2.45) is 10.9 Å². The number of guanidine groups is 1. The van der Waals surface area contributed by atoms with E-state index in [1.165, 1.54) is 0 Å². The lowest BCUT2D eigenvalue weighted by Crippen LogP contribution is -2.50. The van der Waals surface area contributed by atoms with E-state index in [0.29, 0.717) is 44.9 Å². The number of hydrogen-bond acceptors (Lipinski definition) is 3. The van der Waals surface area contributed by atoms with Crippen molar-refractivity contribution < 1.29 is 9.59 Å². The Morgan fingerprint density at radius 1 is 0.906 bits per heavy atom. The number of aromatic nitrogens is 1. The third-order valence-corrected chi connectivity index (χ3v) is 5.48. The van der Waals surface area contributed by atoms with Gasteiger partial charge in [-0.05, 0) is 30.9 Å². The van der Waals surface area contributed by atoms with Gasteiger partial charge in [-0.1, -0.05) is 20.3 Å². The zero-order valence-electron chi connectivity index (χ0n) is 19.9. The van der Waals surface area contributed by atoms with Gasteiger partial charge in [0.25, 0.3) is 0 Å². The van der Waals surface area contributed by atoms with E-state index in [0.717, 1.165) is 44.9 Å². The fourth-order valence-electron chi connectivity index (χ4n) is 3.67. The average Bonchev–Trinajstić information content (AvgIpc) is 3.27. The molecule has 0 saturated carbocycles. The van der Waals surface area contributed by atoms with Crippen molar-refractivity contribution >= 4 is 41.8 Å². The van der Waals surface area contributed by atoms with E-state index >= 15 is 0 Å². The molecular weight excluding hydrogens is 519 g/mol. The SMILES string of the molecule is CN=C(NCCCCCC(=O)N1CCN(C(=O)CC(C)C)CC1)NCCn1cccc1.I. The molecule has 0 atom stereocenters. The minimum atomic E-state index is 0. The van der Waals surface area contributed by atoms with E-state index in [4.69, 9.17) is 0 Å².